The van der Waals surface area contributed by atoms with Crippen LogP contribution in [0.3, 0.4) is 0 Å². The van der Waals surface area contributed by atoms with Gasteiger partial charge in [0.1, 0.15) is 24.9 Å². The highest BCUT2D eigenvalue weighted by Gasteiger charge is 2.55. The summed E-state index contributed by atoms with van der Waals surface area (Å²) in [6.07, 6.45) is -5.28. The quantitative estimate of drug-likeness (QED) is 0.131. The average molecular weight is 356 g/mol. The number of hydrogen-bond donors (Lipinski definition) is 8. The van der Waals surface area contributed by atoms with Crippen LogP contribution >= 0.6 is 15.6 Å². The Morgan fingerprint density at radius 1 is 1.24 bits per heavy atom. The van der Waals surface area contributed by atoms with Crippen molar-refractivity contribution in [3.8, 4) is 0 Å². The first-order valence-corrected chi connectivity index (χ1v) is 8.30. The molecule has 0 spiro atoms. The van der Waals surface area contributed by atoms with Crippen LogP contribution in [0, 0.1) is 0 Å². The van der Waals surface area contributed by atoms with E-state index in [1.54, 1.807) is 0 Å². The van der Waals surface area contributed by atoms with Crippen molar-refractivity contribution in [2.75, 3.05) is 13.2 Å². The van der Waals surface area contributed by atoms with Crippen LogP contribution in [0.2, 0.25) is 0 Å². The number of hydrogen-bond acceptors (Lipinski definition) is 7. The van der Waals surface area contributed by atoms with E-state index in [9.17, 15) is 19.9 Å². The number of phosphoric acid groups is 1. The Hall–Kier alpha value is 0.0200. The predicted molar refractivity (Wildman–Crippen MR) is 62.0 cm³/mol. The number of rotatable bonds is 6. The number of ether oxygens (including phenoxy) is 1. The van der Waals surface area contributed by atoms with Gasteiger partial charge in [0, 0.05) is 5.90 Å². The maximum atomic E-state index is 10.5. The molecule has 0 radical (unpaired) electrons. The summed E-state index contributed by atoms with van der Waals surface area (Å²) in [7, 11) is -9.29. The van der Waals surface area contributed by atoms with Crippen molar-refractivity contribution in [2.45, 2.75) is 24.1 Å². The fourth-order valence-corrected chi connectivity index (χ4v) is 2.26. The maximum Gasteiger partial charge on any atom is 0.693 e. The van der Waals surface area contributed by atoms with E-state index in [1.807, 2.05) is 0 Å². The Kier molecular flexibility index (Phi) is 6.03. The number of phosphoric ester groups is 1. The van der Waals surface area contributed by atoms with Gasteiger partial charge in [-0.25, -0.2) is 9.09 Å². The maximum absolute atomic E-state index is 10.5. The smallest absolute Gasteiger partial charge is 0.387 e. The van der Waals surface area contributed by atoms with E-state index in [-0.39, 0.29) is 0 Å². The van der Waals surface area contributed by atoms with Gasteiger partial charge in [-0.3, -0.25) is 14.3 Å². The number of aliphatic hydroxyl groups excluding tert-OH is 2. The lowest BCUT2D eigenvalue weighted by molar-refractivity contribution is -0.246. The monoisotopic (exact) mass is 356 g/mol. The van der Waals surface area contributed by atoms with Crippen molar-refractivity contribution in [3.63, 3.8) is 0 Å². The molecule has 0 unspecified atom stereocenters. The van der Waals surface area contributed by atoms with Crippen LogP contribution in [0.5, 0.6) is 0 Å². The Morgan fingerprint density at radius 3 is 2.29 bits per heavy atom. The number of nitrogens with two attached hydrogens (primary N) is 1. The highest BCUT2D eigenvalue weighted by atomic mass is 31.2. The Bertz CT molecular complexity index is 459. The molecule has 1 rings (SSSR count). The molecule has 0 amide bonds. The lowest BCUT2D eigenvalue weighted by Gasteiger charge is -2.24. The molecule has 15 heteroatoms. The molecular weight excluding hydrogens is 340 g/mol. The predicted octanol–water partition coefficient (Wildman–Crippen LogP) is -3.58. The second-order valence-electron chi connectivity index (χ2n) is 4.09. The van der Waals surface area contributed by atoms with Gasteiger partial charge >= 0.3 is 15.6 Å². The summed E-state index contributed by atoms with van der Waals surface area (Å²) in [6.45, 7) is -1.91. The summed E-state index contributed by atoms with van der Waals surface area (Å²) >= 11 is 0. The van der Waals surface area contributed by atoms with E-state index in [2.05, 4.69) is 19.2 Å². The molecular formula is C6H16NO12P2+. The minimum atomic E-state index is -4.85. The van der Waals surface area contributed by atoms with Crippen LogP contribution in [-0.4, -0.2) is 72.2 Å². The van der Waals surface area contributed by atoms with Crippen molar-refractivity contribution < 1.29 is 57.5 Å². The van der Waals surface area contributed by atoms with Crippen LogP contribution in [0.4, 0.5) is 0 Å². The van der Waals surface area contributed by atoms with Crippen LogP contribution in [0.15, 0.2) is 0 Å². The summed E-state index contributed by atoms with van der Waals surface area (Å²) in [5.74, 6) is 1.90. The van der Waals surface area contributed by atoms with E-state index in [0.717, 1.165) is 0 Å². The molecule has 1 aliphatic heterocycles. The second kappa shape index (κ2) is 6.64. The lowest BCUT2D eigenvalue weighted by atomic mass is 10.1. The zero-order chi connectivity index (χ0) is 16.5. The van der Waals surface area contributed by atoms with Gasteiger partial charge in [-0.05, 0) is 0 Å². The van der Waals surface area contributed by atoms with Crippen molar-refractivity contribution in [1.82, 2.24) is 0 Å². The minimum absolute atomic E-state index is 0.850. The SMILES string of the molecule is N[O+]=P(O)(O)OC[C@@]1(O)O[C@H](COP(=O)(O)O)[C@@H](O)[C@@H]1O. The van der Waals surface area contributed by atoms with E-state index < -0.39 is 53.0 Å². The molecule has 0 aromatic rings. The van der Waals surface area contributed by atoms with Gasteiger partial charge in [0.05, 0.1) is 6.61 Å². The van der Waals surface area contributed by atoms with E-state index >= 15 is 0 Å². The normalized spacial score (nSPS) is 34.2. The van der Waals surface area contributed by atoms with Crippen LogP contribution in [-0.2, 0) is 22.6 Å². The topological polar surface area (TPSA) is 224 Å². The molecule has 1 aliphatic rings. The van der Waals surface area contributed by atoms with Crippen molar-refractivity contribution in [1.29, 1.82) is 0 Å². The standard InChI is InChI=1S/C6H15NO12P2/c7-19-21(14,15)17-2-6(10)5(9)4(8)3(18-6)1-16-20(11,12)13/h3-5,8-10H,1-2,7H2,(H3-,11,12,13,14,15)/p+1/t3-,4-,5+,6-/m1/s1. The first-order valence-electron chi connectivity index (χ1n) is 5.24. The zero-order valence-electron chi connectivity index (χ0n) is 10.3. The molecule has 1 fully saturated rings. The molecule has 126 valence electrons. The molecule has 0 aromatic carbocycles. The summed E-state index contributed by atoms with van der Waals surface area (Å²) < 4.78 is 27.4. The summed E-state index contributed by atoms with van der Waals surface area (Å²) in [5, 5.41) is 29.1. The third-order valence-electron chi connectivity index (χ3n) is 2.51. The first-order chi connectivity index (χ1) is 9.40. The van der Waals surface area contributed by atoms with Crippen LogP contribution in [0.1, 0.15) is 0 Å². The highest BCUT2D eigenvalue weighted by Crippen LogP contribution is 2.42. The van der Waals surface area contributed by atoms with E-state index in [1.165, 1.54) is 0 Å². The summed E-state index contributed by atoms with van der Waals surface area (Å²) in [5.41, 5.74) is 0. The fraction of sp³-hybridized carbons (Fsp3) is 1.00. The van der Waals surface area contributed by atoms with E-state index in [0.29, 0.717) is 0 Å². The Morgan fingerprint density at radius 2 is 1.81 bits per heavy atom. The van der Waals surface area contributed by atoms with Gasteiger partial charge in [-0.15, -0.1) is 0 Å². The molecule has 9 N–H and O–H groups in total. The van der Waals surface area contributed by atoms with Crippen molar-refractivity contribution >= 4 is 15.6 Å². The van der Waals surface area contributed by atoms with Gasteiger partial charge in [0.15, 0.2) is 0 Å². The molecule has 1 saturated heterocycles. The second-order valence-corrected chi connectivity index (χ2v) is 6.78. The van der Waals surface area contributed by atoms with Gasteiger partial charge in [0.25, 0.3) is 0 Å². The zero-order valence-corrected chi connectivity index (χ0v) is 12.1. The summed E-state index contributed by atoms with van der Waals surface area (Å²) in [4.78, 5) is 35.0. The largest absolute Gasteiger partial charge is 0.693 e. The van der Waals surface area contributed by atoms with Crippen LogP contribution < -0.4 is 5.90 Å². The number of aliphatic hydroxyl groups is 3. The van der Waals surface area contributed by atoms with Crippen LogP contribution in [0.25, 0.3) is 0 Å². The lowest BCUT2D eigenvalue weighted by Crippen LogP contribution is -2.46. The highest BCUT2D eigenvalue weighted by molar-refractivity contribution is 7.46. The van der Waals surface area contributed by atoms with Crippen molar-refractivity contribution in [3.05, 3.63) is 0 Å². The van der Waals surface area contributed by atoms with Gasteiger partial charge in [-0.2, -0.15) is 0 Å². The molecule has 0 aliphatic carbocycles. The molecule has 1 heterocycles. The Balaban J connectivity index is 2.70. The third kappa shape index (κ3) is 5.30. The molecule has 0 bridgehead atoms. The van der Waals surface area contributed by atoms with Gasteiger partial charge in [-0.1, -0.05) is 4.30 Å². The van der Waals surface area contributed by atoms with Gasteiger partial charge in [0.2, 0.25) is 5.79 Å². The van der Waals surface area contributed by atoms with Gasteiger partial charge < -0.3 is 29.8 Å². The minimum Gasteiger partial charge on any atom is -0.387 e. The molecule has 13 nitrogen and oxygen atoms in total. The van der Waals surface area contributed by atoms with Crippen molar-refractivity contribution in [2.24, 2.45) is 5.90 Å². The first kappa shape index (κ1) is 19.1. The summed E-state index contributed by atoms with van der Waals surface area (Å²) in [6, 6.07) is 0. The Labute approximate surface area is 117 Å². The molecule has 0 aromatic heterocycles. The molecule has 21 heavy (non-hydrogen) atoms. The van der Waals surface area contributed by atoms with E-state index in [4.69, 9.17) is 24.3 Å². The fourth-order valence-electron chi connectivity index (χ4n) is 1.50. The average Bonchev–Trinajstić information content (AvgIpc) is 2.59. The third-order valence-corrected chi connectivity index (χ3v) is 3.73. The molecule has 0 saturated carbocycles. The molecule has 4 atom stereocenters.